The summed E-state index contributed by atoms with van der Waals surface area (Å²) in [6.07, 6.45) is -10.0. The van der Waals surface area contributed by atoms with E-state index in [4.69, 9.17) is 9.47 Å². The molecule has 1 fully saturated rings. The van der Waals surface area contributed by atoms with Gasteiger partial charge in [-0.3, -0.25) is 4.79 Å². The standard InChI is InChI=1S/C29H30F6O4/c1-5-26(6-2,22-9-11-24(19(4)16-22)38-17-23-10-12-25(36)39-23)21-8-7-20(18(3)15-21)13-14-27(37,28(30,31)32)29(33,34)35/h7-9,11,15-16,23,37H,5-6,10,12,17H2,1-4H3/t23-/m1/s1. The topological polar surface area (TPSA) is 55.8 Å². The van der Waals surface area contributed by atoms with Gasteiger partial charge in [0.15, 0.2) is 0 Å². The Bertz CT molecular complexity index is 1250. The lowest BCUT2D eigenvalue weighted by molar-refractivity contribution is -0.343. The Balaban J connectivity index is 1.92. The van der Waals surface area contributed by atoms with Gasteiger partial charge in [0, 0.05) is 17.4 Å². The van der Waals surface area contributed by atoms with Crippen molar-refractivity contribution in [2.24, 2.45) is 0 Å². The van der Waals surface area contributed by atoms with Gasteiger partial charge in [-0.15, -0.1) is 0 Å². The molecule has 1 heterocycles. The number of carbonyl (C=O) groups excluding carboxylic acids is 1. The van der Waals surface area contributed by atoms with Crippen LogP contribution in [0.5, 0.6) is 5.75 Å². The number of aliphatic hydroxyl groups is 1. The zero-order valence-corrected chi connectivity index (χ0v) is 22.0. The van der Waals surface area contributed by atoms with E-state index >= 15 is 0 Å². The van der Waals surface area contributed by atoms with Gasteiger partial charge in [-0.2, -0.15) is 26.3 Å². The molecule has 0 unspecified atom stereocenters. The molecule has 39 heavy (non-hydrogen) atoms. The van der Waals surface area contributed by atoms with Gasteiger partial charge in [-0.05, 0) is 73.4 Å². The minimum absolute atomic E-state index is 0.0562. The molecule has 0 aliphatic carbocycles. The maximum Gasteiger partial charge on any atom is 0.438 e. The molecule has 212 valence electrons. The van der Waals surface area contributed by atoms with Crippen molar-refractivity contribution in [3.8, 4) is 17.6 Å². The van der Waals surface area contributed by atoms with Gasteiger partial charge in [0.2, 0.25) is 0 Å². The van der Waals surface area contributed by atoms with Crippen molar-refractivity contribution in [1.29, 1.82) is 0 Å². The minimum Gasteiger partial charge on any atom is -0.489 e. The fraction of sp³-hybridized carbons (Fsp3) is 0.483. The van der Waals surface area contributed by atoms with Crippen LogP contribution in [0.25, 0.3) is 0 Å². The second kappa shape index (κ2) is 11.1. The summed E-state index contributed by atoms with van der Waals surface area (Å²) < 4.78 is 89.1. The van der Waals surface area contributed by atoms with E-state index in [1.165, 1.54) is 6.07 Å². The molecule has 10 heteroatoms. The Morgan fingerprint density at radius 3 is 1.97 bits per heavy atom. The third kappa shape index (κ3) is 6.03. The van der Waals surface area contributed by atoms with E-state index in [1.807, 2.05) is 44.9 Å². The number of hydrogen-bond acceptors (Lipinski definition) is 4. The van der Waals surface area contributed by atoms with Gasteiger partial charge in [-0.25, -0.2) is 0 Å². The van der Waals surface area contributed by atoms with Crippen LogP contribution in [0.4, 0.5) is 26.3 Å². The first-order valence-electron chi connectivity index (χ1n) is 12.5. The van der Waals surface area contributed by atoms with Crippen molar-refractivity contribution in [2.75, 3.05) is 6.61 Å². The largest absolute Gasteiger partial charge is 0.489 e. The highest BCUT2D eigenvalue weighted by Crippen LogP contribution is 2.43. The molecule has 3 rings (SSSR count). The minimum atomic E-state index is -6.01. The van der Waals surface area contributed by atoms with Crippen LogP contribution in [0.15, 0.2) is 36.4 Å². The van der Waals surface area contributed by atoms with Crippen molar-refractivity contribution in [2.45, 2.75) is 82.9 Å². The van der Waals surface area contributed by atoms with Gasteiger partial charge in [-0.1, -0.05) is 44.0 Å². The third-order valence-corrected chi connectivity index (χ3v) is 7.31. The average molecular weight is 557 g/mol. The number of benzene rings is 2. The van der Waals surface area contributed by atoms with Crippen LogP contribution < -0.4 is 4.74 Å². The molecule has 0 radical (unpaired) electrons. The Morgan fingerprint density at radius 2 is 1.51 bits per heavy atom. The summed E-state index contributed by atoms with van der Waals surface area (Å²) in [5.74, 6) is 3.31. The summed E-state index contributed by atoms with van der Waals surface area (Å²) in [5.41, 5.74) is -2.67. The smallest absolute Gasteiger partial charge is 0.438 e. The number of esters is 1. The lowest BCUT2D eigenvalue weighted by atomic mass is 9.70. The van der Waals surface area contributed by atoms with Crippen LogP contribution in [0.2, 0.25) is 0 Å². The molecular formula is C29H30F6O4. The quantitative estimate of drug-likeness (QED) is 0.234. The molecule has 0 amide bonds. The van der Waals surface area contributed by atoms with Gasteiger partial charge in [0.25, 0.3) is 0 Å². The van der Waals surface area contributed by atoms with Crippen LogP contribution in [-0.4, -0.2) is 41.7 Å². The number of rotatable bonds is 7. The summed E-state index contributed by atoms with van der Waals surface area (Å²) in [6, 6.07) is 10.5. The van der Waals surface area contributed by atoms with Crippen molar-refractivity contribution in [3.05, 3.63) is 64.2 Å². The summed E-state index contributed by atoms with van der Waals surface area (Å²) >= 11 is 0. The highest BCUT2D eigenvalue weighted by molar-refractivity contribution is 5.71. The molecule has 1 aliphatic heterocycles. The fourth-order valence-electron chi connectivity index (χ4n) is 4.79. The number of ether oxygens (including phenoxy) is 2. The SMILES string of the molecule is CCC(CC)(c1ccc(C#CC(O)(C(F)(F)F)C(F)(F)F)c(C)c1)c1ccc(OC[C@H]2CCC(=O)O2)c(C)c1. The molecule has 1 saturated heterocycles. The Kier molecular flexibility index (Phi) is 8.66. The number of carbonyl (C=O) groups is 1. The van der Waals surface area contributed by atoms with Crippen LogP contribution in [0.1, 0.15) is 67.3 Å². The number of hydrogen-bond donors (Lipinski definition) is 1. The van der Waals surface area contributed by atoms with Crippen LogP contribution in [-0.2, 0) is 14.9 Å². The molecule has 0 bridgehead atoms. The highest BCUT2D eigenvalue weighted by atomic mass is 19.4. The number of halogens is 6. The number of alkyl halides is 6. The molecular weight excluding hydrogens is 526 g/mol. The van der Waals surface area contributed by atoms with E-state index < -0.39 is 23.4 Å². The molecule has 2 aromatic rings. The Labute approximate surface area is 223 Å². The highest BCUT2D eigenvalue weighted by Gasteiger charge is 2.70. The zero-order chi connectivity index (χ0) is 29.2. The van der Waals surface area contributed by atoms with E-state index in [0.29, 0.717) is 37.0 Å². The first-order chi connectivity index (χ1) is 18.1. The van der Waals surface area contributed by atoms with E-state index in [1.54, 1.807) is 19.1 Å². The predicted octanol–water partition coefficient (Wildman–Crippen LogP) is 6.70. The predicted molar refractivity (Wildman–Crippen MR) is 132 cm³/mol. The molecule has 1 aliphatic rings. The Hall–Kier alpha value is -3.19. The van der Waals surface area contributed by atoms with E-state index in [0.717, 1.165) is 22.6 Å². The van der Waals surface area contributed by atoms with Gasteiger partial charge >= 0.3 is 23.9 Å². The molecule has 2 aromatic carbocycles. The van der Waals surface area contributed by atoms with Crippen LogP contribution in [0.3, 0.4) is 0 Å². The second-order valence-electron chi connectivity index (χ2n) is 9.72. The summed E-state index contributed by atoms with van der Waals surface area (Å²) in [6.45, 7) is 7.67. The van der Waals surface area contributed by atoms with Crippen molar-refractivity contribution in [1.82, 2.24) is 0 Å². The normalized spacial score (nSPS) is 16.5. The van der Waals surface area contributed by atoms with Crippen LogP contribution in [0, 0.1) is 25.7 Å². The lowest BCUT2D eigenvalue weighted by Gasteiger charge is -2.34. The van der Waals surface area contributed by atoms with E-state index in [2.05, 4.69) is 0 Å². The molecule has 0 aromatic heterocycles. The fourth-order valence-corrected chi connectivity index (χ4v) is 4.79. The van der Waals surface area contributed by atoms with Gasteiger partial charge in [0.1, 0.15) is 18.5 Å². The first kappa shape index (κ1) is 30.4. The van der Waals surface area contributed by atoms with E-state index in [9.17, 15) is 36.2 Å². The zero-order valence-electron chi connectivity index (χ0n) is 22.0. The second-order valence-corrected chi connectivity index (χ2v) is 9.72. The summed E-state index contributed by atoms with van der Waals surface area (Å²) in [5, 5.41) is 9.35. The molecule has 0 spiro atoms. The molecule has 0 saturated carbocycles. The average Bonchev–Trinajstić information content (AvgIpc) is 3.27. The number of cyclic esters (lactones) is 1. The lowest BCUT2D eigenvalue weighted by Crippen LogP contribution is -2.55. The third-order valence-electron chi connectivity index (χ3n) is 7.31. The van der Waals surface area contributed by atoms with Crippen molar-refractivity contribution >= 4 is 5.97 Å². The Morgan fingerprint density at radius 1 is 0.949 bits per heavy atom. The number of aryl methyl sites for hydroxylation is 2. The summed E-state index contributed by atoms with van der Waals surface area (Å²) in [4.78, 5) is 11.3. The van der Waals surface area contributed by atoms with Gasteiger partial charge < -0.3 is 14.6 Å². The van der Waals surface area contributed by atoms with Crippen molar-refractivity contribution in [3.63, 3.8) is 0 Å². The maximum atomic E-state index is 13.0. The van der Waals surface area contributed by atoms with Crippen LogP contribution >= 0.6 is 0 Å². The van der Waals surface area contributed by atoms with Crippen molar-refractivity contribution < 1.29 is 45.7 Å². The molecule has 1 atom stereocenters. The van der Waals surface area contributed by atoms with E-state index in [-0.39, 0.29) is 24.2 Å². The molecule has 4 nitrogen and oxygen atoms in total. The monoisotopic (exact) mass is 556 g/mol. The summed E-state index contributed by atoms with van der Waals surface area (Å²) in [7, 11) is 0. The van der Waals surface area contributed by atoms with Gasteiger partial charge in [0.05, 0.1) is 0 Å². The first-order valence-corrected chi connectivity index (χ1v) is 12.5. The maximum absolute atomic E-state index is 13.0. The molecule has 1 N–H and O–H groups in total.